The third-order valence-electron chi connectivity index (χ3n) is 2.80. The predicted molar refractivity (Wildman–Crippen MR) is 66.3 cm³/mol. The van der Waals surface area contributed by atoms with Crippen molar-refractivity contribution < 1.29 is 9.53 Å². The van der Waals surface area contributed by atoms with Crippen LogP contribution >= 0.6 is 0 Å². The number of aromatic nitrogens is 3. The molecule has 1 unspecified atom stereocenters. The van der Waals surface area contributed by atoms with Crippen LogP contribution in [0.4, 0.5) is 0 Å². The lowest BCUT2D eigenvalue weighted by Crippen LogP contribution is -2.34. The second-order valence-corrected chi connectivity index (χ2v) is 5.57. The third kappa shape index (κ3) is 3.07. The molecule has 1 saturated heterocycles. The SMILES string of the molecule is CC(C)(C)OC(=O)c1cnnn1C1CCCNC1. The molecule has 2 rings (SSSR count). The van der Waals surface area contributed by atoms with Crippen LogP contribution in [0.2, 0.25) is 0 Å². The molecule has 100 valence electrons. The topological polar surface area (TPSA) is 69.0 Å². The molecule has 0 bridgehead atoms. The lowest BCUT2D eigenvalue weighted by atomic mass is 10.1. The number of ether oxygens (including phenoxy) is 1. The van der Waals surface area contributed by atoms with E-state index in [1.807, 2.05) is 20.8 Å². The maximum absolute atomic E-state index is 12.0. The van der Waals surface area contributed by atoms with Crippen LogP contribution in [0.25, 0.3) is 0 Å². The molecule has 1 fully saturated rings. The maximum atomic E-state index is 12.0. The van der Waals surface area contributed by atoms with Crippen LogP contribution in [-0.4, -0.2) is 39.7 Å². The zero-order valence-corrected chi connectivity index (χ0v) is 11.1. The van der Waals surface area contributed by atoms with Crippen molar-refractivity contribution >= 4 is 5.97 Å². The monoisotopic (exact) mass is 252 g/mol. The number of nitrogens with one attached hydrogen (secondary N) is 1. The van der Waals surface area contributed by atoms with E-state index in [-0.39, 0.29) is 12.0 Å². The van der Waals surface area contributed by atoms with Crippen LogP contribution in [0.3, 0.4) is 0 Å². The number of piperidine rings is 1. The molecular weight excluding hydrogens is 232 g/mol. The molecule has 1 N–H and O–H groups in total. The molecule has 1 atom stereocenters. The van der Waals surface area contributed by atoms with Gasteiger partial charge in [-0.25, -0.2) is 9.48 Å². The molecule has 1 aromatic heterocycles. The normalized spacial score (nSPS) is 20.7. The predicted octanol–water partition coefficient (Wildman–Crippen LogP) is 1.16. The van der Waals surface area contributed by atoms with Gasteiger partial charge in [0.05, 0.1) is 12.2 Å². The van der Waals surface area contributed by atoms with E-state index in [0.717, 1.165) is 25.9 Å². The van der Waals surface area contributed by atoms with Crippen molar-refractivity contribution in [3.05, 3.63) is 11.9 Å². The van der Waals surface area contributed by atoms with Gasteiger partial charge in [-0.2, -0.15) is 0 Å². The molecule has 6 heteroatoms. The molecule has 1 aliphatic heterocycles. The molecule has 0 aromatic carbocycles. The first-order valence-corrected chi connectivity index (χ1v) is 6.31. The smallest absolute Gasteiger partial charge is 0.358 e. The van der Waals surface area contributed by atoms with E-state index in [9.17, 15) is 4.79 Å². The molecule has 1 aliphatic rings. The van der Waals surface area contributed by atoms with Crippen LogP contribution in [0.5, 0.6) is 0 Å². The zero-order chi connectivity index (χ0) is 13.2. The Morgan fingerprint density at radius 3 is 2.94 bits per heavy atom. The molecule has 0 aliphatic carbocycles. The van der Waals surface area contributed by atoms with Gasteiger partial charge in [0.25, 0.3) is 0 Å². The van der Waals surface area contributed by atoms with Gasteiger partial charge in [0.2, 0.25) is 0 Å². The molecule has 0 amide bonds. The second-order valence-electron chi connectivity index (χ2n) is 5.57. The summed E-state index contributed by atoms with van der Waals surface area (Å²) in [4.78, 5) is 12.0. The van der Waals surface area contributed by atoms with E-state index < -0.39 is 5.60 Å². The van der Waals surface area contributed by atoms with Crippen molar-refractivity contribution in [3.8, 4) is 0 Å². The fraction of sp³-hybridized carbons (Fsp3) is 0.750. The van der Waals surface area contributed by atoms with Gasteiger partial charge in [-0.05, 0) is 40.2 Å². The minimum absolute atomic E-state index is 0.184. The van der Waals surface area contributed by atoms with E-state index in [4.69, 9.17) is 4.74 Å². The number of hydrogen-bond donors (Lipinski definition) is 1. The number of esters is 1. The third-order valence-corrected chi connectivity index (χ3v) is 2.80. The summed E-state index contributed by atoms with van der Waals surface area (Å²) in [5.41, 5.74) is -0.0737. The average molecular weight is 252 g/mol. The number of carbonyl (C=O) groups excluding carboxylic acids is 1. The second kappa shape index (κ2) is 5.06. The zero-order valence-electron chi connectivity index (χ0n) is 11.1. The van der Waals surface area contributed by atoms with E-state index in [1.54, 1.807) is 4.68 Å². The molecule has 2 heterocycles. The highest BCUT2D eigenvalue weighted by molar-refractivity contribution is 5.87. The van der Waals surface area contributed by atoms with Crippen molar-refractivity contribution in [3.63, 3.8) is 0 Å². The Bertz CT molecular complexity index is 416. The van der Waals surface area contributed by atoms with Crippen LogP contribution in [0.1, 0.15) is 50.1 Å². The first-order valence-electron chi connectivity index (χ1n) is 6.31. The van der Waals surface area contributed by atoms with Crippen LogP contribution in [0.15, 0.2) is 6.20 Å². The van der Waals surface area contributed by atoms with Crippen molar-refractivity contribution in [1.82, 2.24) is 20.3 Å². The summed E-state index contributed by atoms with van der Waals surface area (Å²) < 4.78 is 7.03. The maximum Gasteiger partial charge on any atom is 0.358 e. The number of rotatable bonds is 2. The Kier molecular flexibility index (Phi) is 3.65. The van der Waals surface area contributed by atoms with Gasteiger partial charge in [-0.1, -0.05) is 5.21 Å². The summed E-state index contributed by atoms with van der Waals surface area (Å²) in [7, 11) is 0. The fourth-order valence-corrected chi connectivity index (χ4v) is 2.03. The summed E-state index contributed by atoms with van der Waals surface area (Å²) in [6, 6.07) is 0.184. The highest BCUT2D eigenvalue weighted by atomic mass is 16.6. The Labute approximate surface area is 107 Å². The largest absolute Gasteiger partial charge is 0.455 e. The fourth-order valence-electron chi connectivity index (χ4n) is 2.03. The van der Waals surface area contributed by atoms with Crippen molar-refractivity contribution in [2.45, 2.75) is 45.3 Å². The molecule has 0 radical (unpaired) electrons. The van der Waals surface area contributed by atoms with Crippen LogP contribution in [0, 0.1) is 0 Å². The Morgan fingerprint density at radius 2 is 2.33 bits per heavy atom. The summed E-state index contributed by atoms with van der Waals surface area (Å²) >= 11 is 0. The summed E-state index contributed by atoms with van der Waals surface area (Å²) in [5.74, 6) is -0.363. The summed E-state index contributed by atoms with van der Waals surface area (Å²) in [6.07, 6.45) is 3.56. The average Bonchev–Trinajstić information content (AvgIpc) is 2.76. The highest BCUT2D eigenvalue weighted by Crippen LogP contribution is 2.19. The number of carbonyl (C=O) groups is 1. The first kappa shape index (κ1) is 13.0. The van der Waals surface area contributed by atoms with Crippen LogP contribution < -0.4 is 5.32 Å². The molecule has 0 spiro atoms. The van der Waals surface area contributed by atoms with Gasteiger partial charge in [0, 0.05) is 6.54 Å². The van der Waals surface area contributed by atoms with Crippen molar-refractivity contribution in [2.75, 3.05) is 13.1 Å². The van der Waals surface area contributed by atoms with Crippen molar-refractivity contribution in [1.29, 1.82) is 0 Å². The van der Waals surface area contributed by atoms with Gasteiger partial charge in [-0.3, -0.25) is 0 Å². The number of nitrogens with zero attached hydrogens (tertiary/aromatic N) is 3. The van der Waals surface area contributed by atoms with Crippen LogP contribution in [-0.2, 0) is 4.74 Å². The molecular formula is C12H20N4O2. The lowest BCUT2D eigenvalue weighted by Gasteiger charge is -2.25. The van der Waals surface area contributed by atoms with Gasteiger partial charge < -0.3 is 10.1 Å². The Balaban J connectivity index is 2.14. The minimum atomic E-state index is -0.503. The van der Waals surface area contributed by atoms with E-state index in [0.29, 0.717) is 5.69 Å². The Morgan fingerprint density at radius 1 is 1.56 bits per heavy atom. The molecule has 6 nitrogen and oxygen atoms in total. The van der Waals surface area contributed by atoms with E-state index in [1.165, 1.54) is 6.20 Å². The summed E-state index contributed by atoms with van der Waals surface area (Å²) in [5, 5.41) is 11.1. The van der Waals surface area contributed by atoms with E-state index in [2.05, 4.69) is 15.6 Å². The summed E-state index contributed by atoms with van der Waals surface area (Å²) in [6.45, 7) is 7.38. The standard InChI is InChI=1S/C12H20N4O2/c1-12(2,3)18-11(17)10-8-14-15-16(10)9-5-4-6-13-7-9/h8-9,13H,4-7H2,1-3H3. The van der Waals surface area contributed by atoms with Crippen molar-refractivity contribution in [2.24, 2.45) is 0 Å². The van der Waals surface area contributed by atoms with Gasteiger partial charge in [0.15, 0.2) is 5.69 Å². The molecule has 1 aromatic rings. The molecule has 0 saturated carbocycles. The number of hydrogen-bond acceptors (Lipinski definition) is 5. The van der Waals surface area contributed by atoms with E-state index >= 15 is 0 Å². The van der Waals surface area contributed by atoms with Gasteiger partial charge >= 0.3 is 5.97 Å². The molecule has 18 heavy (non-hydrogen) atoms. The highest BCUT2D eigenvalue weighted by Gasteiger charge is 2.25. The lowest BCUT2D eigenvalue weighted by molar-refractivity contribution is 0.00526. The van der Waals surface area contributed by atoms with Gasteiger partial charge in [-0.15, -0.1) is 5.10 Å². The first-order chi connectivity index (χ1) is 8.47. The quantitative estimate of drug-likeness (QED) is 0.800. The minimum Gasteiger partial charge on any atom is -0.455 e. The van der Waals surface area contributed by atoms with Gasteiger partial charge in [0.1, 0.15) is 5.60 Å². The Hall–Kier alpha value is -1.43.